The lowest BCUT2D eigenvalue weighted by Gasteiger charge is -2.34. The minimum absolute atomic E-state index is 0.148. The Bertz CT molecular complexity index is 1240. The molecular weight excluding hydrogens is 476 g/mol. The van der Waals surface area contributed by atoms with Gasteiger partial charge in [0, 0.05) is 34.1 Å². The van der Waals surface area contributed by atoms with Crippen molar-refractivity contribution in [2.24, 2.45) is 0 Å². The molecule has 0 fully saturated rings. The molecule has 8 nitrogen and oxygen atoms in total. The molecule has 0 saturated heterocycles. The molecule has 0 aliphatic rings. The minimum atomic E-state index is -3.99. The molecule has 9 heteroatoms. The number of para-hydroxylation sites is 1. The van der Waals surface area contributed by atoms with E-state index in [4.69, 9.17) is 0 Å². The number of nitrogens with zero attached hydrogens (tertiary/aromatic N) is 3. The van der Waals surface area contributed by atoms with Crippen LogP contribution in [-0.2, 0) is 32.8 Å². The van der Waals surface area contributed by atoms with Crippen molar-refractivity contribution < 1.29 is 18.0 Å². The number of carbonyl (C=O) groups excluding carboxylic acids is 2. The van der Waals surface area contributed by atoms with Gasteiger partial charge in [-0.05, 0) is 23.3 Å². The van der Waals surface area contributed by atoms with Crippen LogP contribution in [0, 0.1) is 0 Å². The molecule has 0 heterocycles. The van der Waals surface area contributed by atoms with E-state index in [2.05, 4.69) is 5.32 Å². The second kappa shape index (κ2) is 12.3. The highest BCUT2D eigenvalue weighted by atomic mass is 32.2. The molecule has 0 aliphatic heterocycles. The van der Waals surface area contributed by atoms with E-state index < -0.39 is 28.7 Å². The lowest BCUT2D eigenvalue weighted by molar-refractivity contribution is -0.139. The first kappa shape index (κ1) is 26.9. The van der Waals surface area contributed by atoms with E-state index in [1.807, 2.05) is 60.7 Å². The molecule has 0 aliphatic carbocycles. The summed E-state index contributed by atoms with van der Waals surface area (Å²) in [7, 11) is 0.375. The summed E-state index contributed by atoms with van der Waals surface area (Å²) < 4.78 is 28.5. The van der Waals surface area contributed by atoms with E-state index >= 15 is 0 Å². The van der Waals surface area contributed by atoms with Crippen molar-refractivity contribution in [1.29, 1.82) is 0 Å². The number of carbonyl (C=O) groups is 2. The van der Waals surface area contributed by atoms with Gasteiger partial charge in [-0.25, -0.2) is 4.31 Å². The maximum Gasteiger partial charge on any atom is 0.304 e. The molecule has 0 bridgehead atoms. The molecule has 1 atom stereocenters. The van der Waals surface area contributed by atoms with Crippen LogP contribution in [0.1, 0.15) is 11.1 Å². The zero-order valence-corrected chi connectivity index (χ0v) is 21.6. The molecular formula is C27H32N4O4S. The molecule has 36 heavy (non-hydrogen) atoms. The average Bonchev–Trinajstić information content (AvgIpc) is 2.90. The van der Waals surface area contributed by atoms with Crippen molar-refractivity contribution in [3.8, 4) is 0 Å². The van der Waals surface area contributed by atoms with Crippen LogP contribution in [0.5, 0.6) is 0 Å². The summed E-state index contributed by atoms with van der Waals surface area (Å²) in [6, 6.07) is 26.4. The molecule has 2 amide bonds. The number of benzene rings is 3. The van der Waals surface area contributed by atoms with Gasteiger partial charge in [-0.3, -0.25) is 9.59 Å². The molecule has 0 aromatic heterocycles. The van der Waals surface area contributed by atoms with Crippen LogP contribution in [-0.4, -0.2) is 63.2 Å². The molecule has 3 aromatic carbocycles. The van der Waals surface area contributed by atoms with Gasteiger partial charge in [0.1, 0.15) is 12.6 Å². The van der Waals surface area contributed by atoms with Crippen molar-refractivity contribution in [2.75, 3.05) is 32.0 Å². The molecule has 190 valence electrons. The molecule has 3 aromatic rings. The zero-order chi connectivity index (χ0) is 26.1. The molecule has 0 radical (unpaired) electrons. The van der Waals surface area contributed by atoms with Gasteiger partial charge >= 0.3 is 10.2 Å². The van der Waals surface area contributed by atoms with Crippen LogP contribution >= 0.6 is 0 Å². The third kappa shape index (κ3) is 6.71. The number of hydrogen-bond donors (Lipinski definition) is 1. The molecule has 0 spiro atoms. The Balaban J connectivity index is 2.03. The van der Waals surface area contributed by atoms with E-state index in [0.717, 1.165) is 19.7 Å². The smallest absolute Gasteiger partial charge is 0.304 e. The highest BCUT2D eigenvalue weighted by Gasteiger charge is 2.34. The normalized spacial score (nSPS) is 12.1. The summed E-state index contributed by atoms with van der Waals surface area (Å²) in [5.74, 6) is -0.817. The van der Waals surface area contributed by atoms with Gasteiger partial charge in [0.15, 0.2) is 0 Å². The van der Waals surface area contributed by atoms with Crippen LogP contribution < -0.4 is 9.62 Å². The fourth-order valence-corrected chi connectivity index (χ4v) is 4.87. The Kier molecular flexibility index (Phi) is 9.21. The second-order valence-electron chi connectivity index (χ2n) is 8.46. The standard InChI is InChI=1S/C27H32N4O4S/c1-28-27(33)25(19-22-13-7-4-8-14-22)30(20-23-15-9-5-10-16-23)26(32)21-31(36(34,35)29(2)3)24-17-11-6-12-18-24/h4-18,25H,19-21H2,1-3H3,(H,28,33)/t25-/m1/s1. The monoisotopic (exact) mass is 508 g/mol. The van der Waals surface area contributed by atoms with Crippen LogP contribution in [0.25, 0.3) is 0 Å². The predicted octanol–water partition coefficient (Wildman–Crippen LogP) is 2.69. The molecule has 0 unspecified atom stereocenters. The van der Waals surface area contributed by atoms with Crippen molar-refractivity contribution >= 4 is 27.7 Å². The summed E-state index contributed by atoms with van der Waals surface area (Å²) in [4.78, 5) is 28.4. The van der Waals surface area contributed by atoms with Gasteiger partial charge in [-0.1, -0.05) is 78.9 Å². The summed E-state index contributed by atoms with van der Waals surface area (Å²) in [6.07, 6.45) is 0.283. The lowest BCUT2D eigenvalue weighted by atomic mass is 10.0. The number of nitrogens with one attached hydrogen (secondary N) is 1. The Morgan fingerprint density at radius 2 is 1.31 bits per heavy atom. The number of hydrogen-bond acceptors (Lipinski definition) is 4. The molecule has 3 rings (SSSR count). The summed E-state index contributed by atoms with van der Waals surface area (Å²) >= 11 is 0. The van der Waals surface area contributed by atoms with Crippen molar-refractivity contribution in [1.82, 2.24) is 14.5 Å². The van der Waals surface area contributed by atoms with Gasteiger partial charge in [-0.2, -0.15) is 12.7 Å². The van der Waals surface area contributed by atoms with Crippen molar-refractivity contribution in [2.45, 2.75) is 19.0 Å². The number of rotatable bonds is 11. The van der Waals surface area contributed by atoms with E-state index in [1.165, 1.54) is 26.0 Å². The highest BCUT2D eigenvalue weighted by Crippen LogP contribution is 2.21. The summed E-state index contributed by atoms with van der Waals surface area (Å²) in [5, 5.41) is 2.67. The van der Waals surface area contributed by atoms with Gasteiger partial charge in [0.25, 0.3) is 0 Å². The Morgan fingerprint density at radius 1 is 0.806 bits per heavy atom. The first-order valence-corrected chi connectivity index (χ1v) is 13.0. The SMILES string of the molecule is CNC(=O)[C@@H](Cc1ccccc1)N(Cc1ccccc1)C(=O)CN(c1ccccc1)S(=O)(=O)N(C)C. The summed E-state index contributed by atoms with van der Waals surface area (Å²) in [6.45, 7) is -0.311. The number of amides is 2. The molecule has 1 N–H and O–H groups in total. The van der Waals surface area contributed by atoms with Gasteiger partial charge < -0.3 is 10.2 Å². The van der Waals surface area contributed by atoms with Crippen LogP contribution in [0.2, 0.25) is 0 Å². The lowest BCUT2D eigenvalue weighted by Crippen LogP contribution is -2.53. The van der Waals surface area contributed by atoms with Gasteiger partial charge in [0.2, 0.25) is 11.8 Å². The third-order valence-electron chi connectivity index (χ3n) is 5.78. The predicted molar refractivity (Wildman–Crippen MR) is 141 cm³/mol. The Hall–Kier alpha value is -3.69. The van der Waals surface area contributed by atoms with Crippen molar-refractivity contribution in [3.05, 3.63) is 102 Å². The first-order valence-electron chi connectivity index (χ1n) is 11.6. The van der Waals surface area contributed by atoms with Crippen LogP contribution in [0.4, 0.5) is 5.69 Å². The van der Waals surface area contributed by atoms with E-state index in [-0.39, 0.29) is 18.9 Å². The quantitative estimate of drug-likeness (QED) is 0.431. The van der Waals surface area contributed by atoms with Crippen LogP contribution in [0.3, 0.4) is 0 Å². The Labute approximate surface area is 213 Å². The molecule has 0 saturated carbocycles. The average molecular weight is 509 g/mol. The van der Waals surface area contributed by atoms with Crippen LogP contribution in [0.15, 0.2) is 91.0 Å². The minimum Gasteiger partial charge on any atom is -0.357 e. The maximum atomic E-state index is 13.9. The number of anilines is 1. The number of likely N-dealkylation sites (N-methyl/N-ethyl adjacent to an activating group) is 1. The second-order valence-corrected chi connectivity index (χ2v) is 10.5. The van der Waals surface area contributed by atoms with Gasteiger partial charge in [-0.15, -0.1) is 0 Å². The summed E-state index contributed by atoms with van der Waals surface area (Å²) in [5.41, 5.74) is 2.08. The fourth-order valence-electron chi connectivity index (χ4n) is 3.81. The third-order valence-corrected chi connectivity index (χ3v) is 7.60. The van der Waals surface area contributed by atoms with Gasteiger partial charge in [0.05, 0.1) is 5.69 Å². The largest absolute Gasteiger partial charge is 0.357 e. The Morgan fingerprint density at radius 3 is 1.81 bits per heavy atom. The first-order chi connectivity index (χ1) is 17.2. The topological polar surface area (TPSA) is 90.0 Å². The van der Waals surface area contributed by atoms with E-state index in [1.54, 1.807) is 30.3 Å². The van der Waals surface area contributed by atoms with E-state index in [9.17, 15) is 18.0 Å². The highest BCUT2D eigenvalue weighted by molar-refractivity contribution is 7.90. The van der Waals surface area contributed by atoms with E-state index in [0.29, 0.717) is 5.69 Å². The maximum absolute atomic E-state index is 13.9. The zero-order valence-electron chi connectivity index (χ0n) is 20.7. The van der Waals surface area contributed by atoms with Crippen molar-refractivity contribution in [3.63, 3.8) is 0 Å². The fraction of sp³-hybridized carbons (Fsp3) is 0.259.